The number of carbonyl (C=O) groups is 2. The minimum atomic E-state index is -1.48. The highest BCUT2D eigenvalue weighted by atomic mass is 35.5. The lowest BCUT2D eigenvalue weighted by molar-refractivity contribution is -0.259. The molecule has 0 bridgehead atoms. The molecule has 0 aromatic heterocycles. The van der Waals surface area contributed by atoms with Crippen molar-refractivity contribution in [3.8, 4) is 0 Å². The van der Waals surface area contributed by atoms with Crippen molar-refractivity contribution in [1.29, 1.82) is 0 Å². The molecule has 0 aliphatic heterocycles. The van der Waals surface area contributed by atoms with Gasteiger partial charge < -0.3 is 29.6 Å². The molecule has 1 aromatic carbocycles. The van der Waals surface area contributed by atoms with E-state index in [0.717, 1.165) is 38.3 Å². The quantitative estimate of drug-likeness (QED) is 0.512. The van der Waals surface area contributed by atoms with Crippen LogP contribution in [-0.4, -0.2) is 61.0 Å². The lowest BCUT2D eigenvalue weighted by Crippen LogP contribution is -2.33. The molecule has 0 fully saturated rings. The second-order valence-electron chi connectivity index (χ2n) is 6.25. The topological polar surface area (TPSA) is 86.7 Å². The van der Waals surface area contributed by atoms with Gasteiger partial charge in [0.25, 0.3) is 0 Å². The molecule has 0 spiro atoms. The number of carboxylic acids is 2. The summed E-state index contributed by atoms with van der Waals surface area (Å²) in [7, 11) is 0. The summed E-state index contributed by atoms with van der Waals surface area (Å²) < 4.78 is 0. The number of carbonyl (C=O) groups excluding carboxylic acids is 2. The average Bonchev–Trinajstić information content (AvgIpc) is 2.63. The first kappa shape index (κ1) is 25.4. The molecule has 7 heteroatoms. The molecule has 0 aliphatic rings. The third-order valence-electron chi connectivity index (χ3n) is 5.00. The monoisotopic (exact) mass is 398 g/mol. The van der Waals surface area contributed by atoms with E-state index in [0.29, 0.717) is 24.9 Å². The highest BCUT2D eigenvalue weighted by Crippen LogP contribution is 2.21. The van der Waals surface area contributed by atoms with Crippen LogP contribution in [0, 0.1) is 0 Å². The molecule has 0 saturated carbocycles. The average molecular weight is 399 g/mol. The van der Waals surface area contributed by atoms with E-state index >= 15 is 0 Å². The van der Waals surface area contributed by atoms with E-state index in [1.165, 1.54) is 6.07 Å². The molecule has 154 valence electrons. The number of benzene rings is 1. The van der Waals surface area contributed by atoms with Gasteiger partial charge in [-0.05, 0) is 50.1 Å². The Kier molecular flexibility index (Phi) is 11.9. The van der Waals surface area contributed by atoms with Crippen molar-refractivity contribution >= 4 is 24.3 Å². The van der Waals surface area contributed by atoms with Crippen molar-refractivity contribution in [3.63, 3.8) is 0 Å². The number of nitrogens with zero attached hydrogens (tertiary/aromatic N) is 2. The van der Waals surface area contributed by atoms with Gasteiger partial charge in [0.2, 0.25) is 0 Å². The van der Waals surface area contributed by atoms with Crippen LogP contribution in [0.3, 0.4) is 0 Å². The van der Waals surface area contributed by atoms with Crippen molar-refractivity contribution in [2.24, 2.45) is 0 Å². The third-order valence-corrected chi connectivity index (χ3v) is 5.00. The summed E-state index contributed by atoms with van der Waals surface area (Å²) >= 11 is 0. The zero-order chi connectivity index (χ0) is 19.7. The SMILES string of the molecule is CCN(CC)CCc1ccc(C(=O)[O-])c(C(=O)[O-])c1CCN(CC)CC.Cl. The van der Waals surface area contributed by atoms with Crippen molar-refractivity contribution < 1.29 is 19.8 Å². The van der Waals surface area contributed by atoms with E-state index in [1.807, 2.05) is 13.8 Å². The maximum Gasteiger partial charge on any atom is 0.0724 e. The smallest absolute Gasteiger partial charge is 0.0724 e. The zero-order valence-electron chi connectivity index (χ0n) is 16.7. The predicted octanol–water partition coefficient (Wildman–Crippen LogP) is 0.604. The van der Waals surface area contributed by atoms with Gasteiger partial charge >= 0.3 is 0 Å². The van der Waals surface area contributed by atoms with Crippen molar-refractivity contribution in [3.05, 3.63) is 34.4 Å². The molecule has 6 nitrogen and oxygen atoms in total. The van der Waals surface area contributed by atoms with Crippen LogP contribution in [0.15, 0.2) is 12.1 Å². The van der Waals surface area contributed by atoms with Crippen molar-refractivity contribution in [1.82, 2.24) is 9.80 Å². The van der Waals surface area contributed by atoms with Gasteiger partial charge in [-0.15, -0.1) is 12.4 Å². The second kappa shape index (κ2) is 12.7. The maximum absolute atomic E-state index is 11.7. The summed E-state index contributed by atoms with van der Waals surface area (Å²) in [6.07, 6.45) is 1.14. The van der Waals surface area contributed by atoms with Crippen LogP contribution in [0.1, 0.15) is 59.5 Å². The zero-order valence-corrected chi connectivity index (χ0v) is 17.6. The van der Waals surface area contributed by atoms with Crippen LogP contribution in [0.4, 0.5) is 0 Å². The molecule has 1 aromatic rings. The first-order valence-corrected chi connectivity index (χ1v) is 9.41. The summed E-state index contributed by atoms with van der Waals surface area (Å²) in [6.45, 7) is 13.2. The molecule has 0 radical (unpaired) electrons. The maximum atomic E-state index is 11.7. The summed E-state index contributed by atoms with van der Waals surface area (Å²) in [5.74, 6) is -2.94. The third kappa shape index (κ3) is 7.13. The lowest BCUT2D eigenvalue weighted by Gasteiger charge is -2.25. The number of hydrogen-bond acceptors (Lipinski definition) is 6. The number of carboxylic acid groups (broad SMARTS) is 2. The molecular formula is C20H31ClN2O4-2. The first-order chi connectivity index (χ1) is 12.4. The van der Waals surface area contributed by atoms with Gasteiger partial charge in [0.15, 0.2) is 0 Å². The number of aromatic carboxylic acids is 2. The van der Waals surface area contributed by atoms with Crippen LogP contribution < -0.4 is 10.2 Å². The Morgan fingerprint density at radius 3 is 1.70 bits per heavy atom. The number of rotatable bonds is 12. The van der Waals surface area contributed by atoms with Gasteiger partial charge in [0, 0.05) is 24.2 Å². The molecule has 0 aliphatic carbocycles. The predicted molar refractivity (Wildman–Crippen MR) is 105 cm³/mol. The Labute approximate surface area is 168 Å². The normalized spacial score (nSPS) is 10.9. The molecule has 0 unspecified atom stereocenters. The molecule has 0 amide bonds. The second-order valence-corrected chi connectivity index (χ2v) is 6.25. The van der Waals surface area contributed by atoms with Gasteiger partial charge in [-0.3, -0.25) is 0 Å². The number of hydrogen-bond donors (Lipinski definition) is 0. The fraction of sp³-hybridized carbons (Fsp3) is 0.600. The fourth-order valence-electron chi connectivity index (χ4n) is 3.24. The van der Waals surface area contributed by atoms with Gasteiger partial charge in [0.1, 0.15) is 0 Å². The molecule has 27 heavy (non-hydrogen) atoms. The van der Waals surface area contributed by atoms with Crippen LogP contribution in [-0.2, 0) is 12.8 Å². The van der Waals surface area contributed by atoms with Crippen molar-refractivity contribution in [2.45, 2.75) is 40.5 Å². The molecular weight excluding hydrogens is 368 g/mol. The van der Waals surface area contributed by atoms with E-state index in [9.17, 15) is 19.8 Å². The minimum absolute atomic E-state index is 0. The highest BCUT2D eigenvalue weighted by molar-refractivity contribution is 6.01. The molecule has 0 N–H and O–H groups in total. The van der Waals surface area contributed by atoms with Crippen LogP contribution >= 0.6 is 12.4 Å². The van der Waals surface area contributed by atoms with E-state index in [-0.39, 0.29) is 23.5 Å². The Morgan fingerprint density at radius 2 is 1.30 bits per heavy atom. The van der Waals surface area contributed by atoms with Crippen molar-refractivity contribution in [2.75, 3.05) is 39.3 Å². The van der Waals surface area contributed by atoms with Gasteiger partial charge in [-0.1, -0.05) is 39.8 Å². The summed E-state index contributed by atoms with van der Waals surface area (Å²) in [5.41, 5.74) is 0.902. The van der Waals surface area contributed by atoms with Gasteiger partial charge in [-0.2, -0.15) is 0 Å². The van der Waals surface area contributed by atoms with Gasteiger partial charge in [0.05, 0.1) is 11.9 Å². The fourth-order valence-corrected chi connectivity index (χ4v) is 3.24. The van der Waals surface area contributed by atoms with Crippen LogP contribution in [0.2, 0.25) is 0 Å². The Morgan fingerprint density at radius 1 is 0.815 bits per heavy atom. The Hall–Kier alpha value is -1.63. The minimum Gasteiger partial charge on any atom is -0.545 e. The number of likely N-dealkylation sites (N-methyl/N-ethyl adjacent to an activating group) is 2. The van der Waals surface area contributed by atoms with Gasteiger partial charge in [-0.25, -0.2) is 0 Å². The van der Waals surface area contributed by atoms with Crippen LogP contribution in [0.25, 0.3) is 0 Å². The first-order valence-electron chi connectivity index (χ1n) is 9.41. The number of halogens is 1. The Bertz CT molecular complexity index is 614. The summed E-state index contributed by atoms with van der Waals surface area (Å²) in [6, 6.07) is 3.05. The molecule has 1 rings (SSSR count). The van der Waals surface area contributed by atoms with E-state index in [4.69, 9.17) is 0 Å². The molecule has 0 saturated heterocycles. The van der Waals surface area contributed by atoms with Crippen LogP contribution in [0.5, 0.6) is 0 Å². The molecule has 0 atom stereocenters. The van der Waals surface area contributed by atoms with E-state index < -0.39 is 11.9 Å². The summed E-state index contributed by atoms with van der Waals surface area (Å²) in [4.78, 5) is 27.5. The standard InChI is InChI=1S/C20H32N2O4.ClH/c1-5-21(6-2)13-11-15-9-10-17(19(23)24)18(20(25)26)16(15)12-14-22(7-3)8-4;/h9-10H,5-8,11-14H2,1-4H3,(H,23,24)(H,25,26);1H/p-2. The Balaban J connectivity index is 0.00000676. The van der Waals surface area contributed by atoms with E-state index in [2.05, 4.69) is 23.6 Å². The molecule has 0 heterocycles. The van der Waals surface area contributed by atoms with E-state index in [1.54, 1.807) is 6.07 Å². The lowest BCUT2D eigenvalue weighted by atomic mass is 9.91. The highest BCUT2D eigenvalue weighted by Gasteiger charge is 2.16. The summed E-state index contributed by atoms with van der Waals surface area (Å²) in [5, 5.41) is 23.1. The largest absolute Gasteiger partial charge is 0.545 e.